The fraction of sp³-hybridized carbons (Fsp3) is 0.750. The molecule has 1 aromatic heterocycles. The van der Waals surface area contributed by atoms with Crippen LogP contribution in [0.3, 0.4) is 0 Å². The normalized spacial score (nSPS) is 14.0. The number of hydrogen-bond donors (Lipinski definition) is 0. The molecule has 0 aliphatic heterocycles. The van der Waals surface area contributed by atoms with Gasteiger partial charge in [0, 0.05) is 0 Å². The van der Waals surface area contributed by atoms with Gasteiger partial charge in [0.2, 0.25) is 6.33 Å². The van der Waals surface area contributed by atoms with Crippen LogP contribution < -0.4 is 4.57 Å². The zero-order valence-corrected chi connectivity index (χ0v) is 12.1. The summed E-state index contributed by atoms with van der Waals surface area (Å²) in [5.41, 5.74) is 0.0820. The minimum absolute atomic E-state index is 0.0820. The Balaban J connectivity index is 2.78. The molecular formula is C12H23N2OP+2. The molecule has 0 aliphatic carbocycles. The lowest BCUT2D eigenvalue weighted by atomic mass is 10.1. The van der Waals surface area contributed by atoms with Crippen LogP contribution in [0.2, 0.25) is 0 Å². The van der Waals surface area contributed by atoms with E-state index < -0.39 is 7.80 Å². The largest absolute Gasteiger partial charge is 0.389 e. The lowest BCUT2D eigenvalue weighted by molar-refractivity contribution is -0.677. The smallest absolute Gasteiger partial charge is 0.232 e. The second-order valence-corrected chi connectivity index (χ2v) is 8.58. The number of nitrogens with zero attached hydrogens (tertiary/aromatic N) is 2. The van der Waals surface area contributed by atoms with Gasteiger partial charge >= 0.3 is 7.80 Å². The molecular weight excluding hydrogens is 219 g/mol. The van der Waals surface area contributed by atoms with Crippen LogP contribution >= 0.6 is 7.80 Å². The molecule has 0 bridgehead atoms. The predicted octanol–water partition coefficient (Wildman–Crippen LogP) is 3.11. The van der Waals surface area contributed by atoms with Crippen LogP contribution in [0, 0.1) is 0 Å². The first-order chi connectivity index (χ1) is 7.10. The van der Waals surface area contributed by atoms with Crippen molar-refractivity contribution in [3.8, 4) is 0 Å². The summed E-state index contributed by atoms with van der Waals surface area (Å²) in [6.07, 6.45) is 6.65. The Bertz CT molecular complexity index is 382. The summed E-state index contributed by atoms with van der Waals surface area (Å²) < 4.78 is 16.2. The van der Waals surface area contributed by atoms with E-state index in [4.69, 9.17) is 0 Å². The van der Waals surface area contributed by atoms with Crippen molar-refractivity contribution in [3.63, 3.8) is 0 Å². The summed E-state index contributed by atoms with van der Waals surface area (Å²) in [6.45, 7) is 12.5. The number of hydrogen-bond acceptors (Lipinski definition) is 1. The topological polar surface area (TPSA) is 25.9 Å². The molecule has 0 N–H and O–H groups in total. The molecule has 0 fully saturated rings. The lowest BCUT2D eigenvalue weighted by Gasteiger charge is -2.13. The molecule has 1 heterocycles. The summed E-state index contributed by atoms with van der Waals surface area (Å²) in [4.78, 5) is 0. The van der Waals surface area contributed by atoms with Crippen molar-refractivity contribution < 1.29 is 9.13 Å². The van der Waals surface area contributed by atoms with Gasteiger partial charge < -0.3 is 0 Å². The van der Waals surface area contributed by atoms with Crippen molar-refractivity contribution in [2.24, 2.45) is 0 Å². The highest BCUT2D eigenvalue weighted by Crippen LogP contribution is 2.37. The Morgan fingerprint density at radius 2 is 1.75 bits per heavy atom. The standard InChI is InChI=1S/C12H23N2OP/c1-11(2,3)14-8-7-13(9-14)10-16(15)12(4,5)6/h7-9H,10H2,1-6H3/q+2. The molecule has 16 heavy (non-hydrogen) atoms. The van der Waals surface area contributed by atoms with Gasteiger partial charge in [0.25, 0.3) is 6.29 Å². The fourth-order valence-corrected chi connectivity index (χ4v) is 2.12. The van der Waals surface area contributed by atoms with Crippen LogP contribution in [0.1, 0.15) is 41.5 Å². The van der Waals surface area contributed by atoms with E-state index in [-0.39, 0.29) is 10.7 Å². The molecule has 0 aliphatic rings. The zero-order valence-electron chi connectivity index (χ0n) is 11.2. The van der Waals surface area contributed by atoms with Gasteiger partial charge in [-0.15, -0.1) is 0 Å². The molecule has 0 amide bonds. The Morgan fingerprint density at radius 1 is 1.19 bits per heavy atom. The van der Waals surface area contributed by atoms with Gasteiger partial charge in [0.05, 0.1) is 0 Å². The maximum absolute atomic E-state index is 12.0. The third kappa shape index (κ3) is 3.41. The first kappa shape index (κ1) is 13.4. The molecule has 1 atom stereocenters. The van der Waals surface area contributed by atoms with Gasteiger partial charge in [-0.2, -0.15) is 4.57 Å². The third-order valence-corrected chi connectivity index (χ3v) is 4.59. The maximum atomic E-state index is 12.0. The van der Waals surface area contributed by atoms with Crippen molar-refractivity contribution in [1.29, 1.82) is 0 Å². The Morgan fingerprint density at radius 3 is 2.12 bits per heavy atom. The van der Waals surface area contributed by atoms with E-state index in [1.807, 2.05) is 44.1 Å². The average Bonchev–Trinajstić information content (AvgIpc) is 2.49. The third-order valence-electron chi connectivity index (χ3n) is 2.51. The van der Waals surface area contributed by atoms with E-state index in [0.717, 1.165) is 0 Å². The summed E-state index contributed by atoms with van der Waals surface area (Å²) >= 11 is 0. The molecule has 0 aromatic carbocycles. The molecule has 3 nitrogen and oxygen atoms in total. The number of imidazole rings is 1. The fourth-order valence-electron chi connectivity index (χ4n) is 1.24. The minimum atomic E-state index is -1.22. The van der Waals surface area contributed by atoms with E-state index >= 15 is 0 Å². The Hall–Kier alpha value is -0.690. The van der Waals surface area contributed by atoms with Gasteiger partial charge in [-0.3, -0.25) is 0 Å². The number of aromatic nitrogens is 2. The SMILES string of the molecule is CC(C)(C)n1cc[n+](C[P+](=O)C(C)(C)C)c1. The van der Waals surface area contributed by atoms with Gasteiger partial charge in [-0.05, 0) is 41.5 Å². The molecule has 0 radical (unpaired) electrons. The molecule has 4 heteroatoms. The second kappa shape index (κ2) is 4.29. The second-order valence-electron chi connectivity index (χ2n) is 6.20. The predicted molar refractivity (Wildman–Crippen MR) is 67.0 cm³/mol. The molecule has 0 spiro atoms. The van der Waals surface area contributed by atoms with Crippen LogP contribution in [0.15, 0.2) is 18.7 Å². The van der Waals surface area contributed by atoms with Gasteiger partial charge in [0.15, 0.2) is 5.16 Å². The quantitative estimate of drug-likeness (QED) is 0.578. The van der Waals surface area contributed by atoms with Gasteiger partial charge in [-0.25, -0.2) is 4.57 Å². The summed E-state index contributed by atoms with van der Waals surface area (Å²) in [7, 11) is -1.22. The highest BCUT2D eigenvalue weighted by molar-refractivity contribution is 7.45. The lowest BCUT2D eigenvalue weighted by Crippen LogP contribution is -2.33. The highest BCUT2D eigenvalue weighted by Gasteiger charge is 2.36. The maximum Gasteiger partial charge on any atom is 0.389 e. The van der Waals surface area contributed by atoms with Gasteiger partial charge in [0.1, 0.15) is 17.9 Å². The number of rotatable bonds is 2. The van der Waals surface area contributed by atoms with Crippen LogP contribution in [-0.2, 0) is 16.4 Å². The van der Waals surface area contributed by atoms with E-state index in [0.29, 0.717) is 6.29 Å². The molecule has 1 aromatic rings. The average molecular weight is 242 g/mol. The summed E-state index contributed by atoms with van der Waals surface area (Å²) in [5, 5.41) is -0.119. The van der Waals surface area contributed by atoms with E-state index in [2.05, 4.69) is 25.3 Å². The summed E-state index contributed by atoms with van der Waals surface area (Å²) in [6, 6.07) is 0. The minimum Gasteiger partial charge on any atom is -0.232 e. The van der Waals surface area contributed by atoms with Crippen molar-refractivity contribution in [2.75, 3.05) is 0 Å². The first-order valence-corrected chi connectivity index (χ1v) is 7.07. The molecule has 1 unspecified atom stereocenters. The van der Waals surface area contributed by atoms with E-state index in [1.54, 1.807) is 0 Å². The monoisotopic (exact) mass is 242 g/mol. The molecule has 0 saturated carbocycles. The molecule has 1 rings (SSSR count). The Kier molecular flexibility index (Phi) is 3.59. The Labute approximate surface area is 99.3 Å². The van der Waals surface area contributed by atoms with Crippen molar-refractivity contribution >= 4 is 7.80 Å². The molecule has 90 valence electrons. The molecule has 0 saturated heterocycles. The van der Waals surface area contributed by atoms with Crippen LogP contribution in [-0.4, -0.2) is 9.72 Å². The van der Waals surface area contributed by atoms with Crippen molar-refractivity contribution in [1.82, 2.24) is 4.57 Å². The van der Waals surface area contributed by atoms with E-state index in [1.165, 1.54) is 0 Å². The van der Waals surface area contributed by atoms with Crippen molar-refractivity contribution in [2.45, 2.75) is 58.5 Å². The van der Waals surface area contributed by atoms with Crippen molar-refractivity contribution in [3.05, 3.63) is 18.7 Å². The zero-order chi connectivity index (χ0) is 12.6. The van der Waals surface area contributed by atoms with Crippen LogP contribution in [0.25, 0.3) is 0 Å². The van der Waals surface area contributed by atoms with E-state index in [9.17, 15) is 4.57 Å². The van der Waals surface area contributed by atoms with Crippen LogP contribution in [0.4, 0.5) is 0 Å². The van der Waals surface area contributed by atoms with Gasteiger partial charge in [-0.1, -0.05) is 4.57 Å². The first-order valence-electron chi connectivity index (χ1n) is 5.63. The van der Waals surface area contributed by atoms with Crippen LogP contribution in [0.5, 0.6) is 0 Å². The summed E-state index contributed by atoms with van der Waals surface area (Å²) in [5.74, 6) is 0. The highest BCUT2D eigenvalue weighted by atomic mass is 31.1.